The molecule has 0 bridgehead atoms. The Bertz CT molecular complexity index is 842. The van der Waals surface area contributed by atoms with Crippen molar-refractivity contribution in [3.05, 3.63) is 52.1 Å². The van der Waals surface area contributed by atoms with E-state index in [4.69, 9.17) is 25.8 Å². The Morgan fingerprint density at radius 1 is 1.21 bits per heavy atom. The predicted molar refractivity (Wildman–Crippen MR) is 90.5 cm³/mol. The van der Waals surface area contributed by atoms with Crippen molar-refractivity contribution in [1.82, 2.24) is 0 Å². The minimum Gasteiger partial charge on any atom is -0.503 e. The van der Waals surface area contributed by atoms with Gasteiger partial charge in [0.1, 0.15) is 18.1 Å². The number of benzene rings is 2. The minimum atomic E-state index is -0.140. The Labute approximate surface area is 144 Å². The molecule has 1 aliphatic rings. The van der Waals surface area contributed by atoms with E-state index >= 15 is 0 Å². The third-order valence-electron chi connectivity index (χ3n) is 3.72. The van der Waals surface area contributed by atoms with Crippen molar-refractivity contribution < 1.29 is 24.1 Å². The smallest absolute Gasteiger partial charge is 0.196 e. The van der Waals surface area contributed by atoms with Crippen LogP contribution in [0.25, 0.3) is 6.08 Å². The molecule has 6 heteroatoms. The number of carbonyl (C=O) groups is 1. The van der Waals surface area contributed by atoms with Gasteiger partial charge in [-0.3, -0.25) is 4.79 Å². The number of ether oxygens (including phenoxy) is 3. The van der Waals surface area contributed by atoms with E-state index in [0.29, 0.717) is 28.2 Å². The predicted octanol–water partition coefficient (Wildman–Crippen LogP) is 3.72. The van der Waals surface area contributed by atoms with E-state index < -0.39 is 0 Å². The van der Waals surface area contributed by atoms with Crippen LogP contribution < -0.4 is 14.2 Å². The monoisotopic (exact) mass is 346 g/mol. The molecule has 124 valence electrons. The molecule has 0 saturated carbocycles. The summed E-state index contributed by atoms with van der Waals surface area (Å²) in [4.78, 5) is 12.7. The van der Waals surface area contributed by atoms with Gasteiger partial charge in [0.05, 0.1) is 24.8 Å². The first-order valence-electron chi connectivity index (χ1n) is 7.16. The lowest BCUT2D eigenvalue weighted by Crippen LogP contribution is -2.19. The van der Waals surface area contributed by atoms with E-state index in [1.165, 1.54) is 14.2 Å². The van der Waals surface area contributed by atoms with E-state index in [1.807, 2.05) is 0 Å². The van der Waals surface area contributed by atoms with Crippen LogP contribution in [0.15, 0.2) is 35.9 Å². The lowest BCUT2D eigenvalue weighted by Gasteiger charge is -2.19. The molecule has 0 aliphatic carbocycles. The van der Waals surface area contributed by atoms with Gasteiger partial charge in [-0.1, -0.05) is 11.6 Å². The minimum absolute atomic E-state index is 0.136. The molecule has 0 amide bonds. The van der Waals surface area contributed by atoms with Gasteiger partial charge in [-0.05, 0) is 42.0 Å². The van der Waals surface area contributed by atoms with Crippen molar-refractivity contribution in [2.24, 2.45) is 0 Å². The van der Waals surface area contributed by atoms with E-state index in [9.17, 15) is 9.90 Å². The number of aromatic hydroxyl groups is 1. The highest BCUT2D eigenvalue weighted by atomic mass is 35.5. The number of hydrogen-bond acceptors (Lipinski definition) is 5. The maximum absolute atomic E-state index is 12.7. The Kier molecular flexibility index (Phi) is 4.36. The molecule has 0 spiro atoms. The maximum atomic E-state index is 12.7. The van der Waals surface area contributed by atoms with Gasteiger partial charge < -0.3 is 19.3 Å². The van der Waals surface area contributed by atoms with Gasteiger partial charge >= 0.3 is 0 Å². The molecule has 1 heterocycles. The van der Waals surface area contributed by atoms with E-state index in [-0.39, 0.29) is 28.9 Å². The van der Waals surface area contributed by atoms with E-state index in [1.54, 1.807) is 36.4 Å². The van der Waals surface area contributed by atoms with Crippen molar-refractivity contribution in [1.29, 1.82) is 0 Å². The second-order valence-corrected chi connectivity index (χ2v) is 5.61. The number of rotatable bonds is 3. The first-order chi connectivity index (χ1) is 11.5. The van der Waals surface area contributed by atoms with Gasteiger partial charge in [0.25, 0.3) is 0 Å². The van der Waals surface area contributed by atoms with E-state index in [2.05, 4.69) is 0 Å². The summed E-state index contributed by atoms with van der Waals surface area (Å²) in [7, 11) is 2.97. The fraction of sp³-hybridized carbons (Fsp3) is 0.167. The lowest BCUT2D eigenvalue weighted by molar-refractivity contribution is 0.100. The van der Waals surface area contributed by atoms with Gasteiger partial charge in [0.15, 0.2) is 17.3 Å². The Balaban J connectivity index is 2.00. The molecule has 2 aromatic carbocycles. The summed E-state index contributed by atoms with van der Waals surface area (Å²) >= 11 is 5.98. The molecule has 0 fully saturated rings. The number of hydrogen-bond donors (Lipinski definition) is 1. The third-order valence-corrected chi connectivity index (χ3v) is 4.01. The van der Waals surface area contributed by atoms with Crippen LogP contribution in [0.2, 0.25) is 5.02 Å². The zero-order valence-corrected chi connectivity index (χ0v) is 13.9. The molecule has 0 saturated heterocycles. The lowest BCUT2D eigenvalue weighted by atomic mass is 9.98. The third kappa shape index (κ3) is 2.90. The van der Waals surface area contributed by atoms with Gasteiger partial charge in [0.2, 0.25) is 0 Å². The normalized spacial score (nSPS) is 15.0. The Hall–Kier alpha value is -2.66. The fourth-order valence-electron chi connectivity index (χ4n) is 2.47. The van der Waals surface area contributed by atoms with Crippen molar-refractivity contribution in [2.45, 2.75) is 0 Å². The number of fused-ring (bicyclic) bond motifs is 1. The van der Waals surface area contributed by atoms with Gasteiger partial charge in [-0.25, -0.2) is 0 Å². The van der Waals surface area contributed by atoms with Crippen LogP contribution in [0.5, 0.6) is 23.0 Å². The van der Waals surface area contributed by atoms with E-state index in [0.717, 1.165) is 0 Å². The summed E-state index contributed by atoms with van der Waals surface area (Å²) in [6.07, 6.45) is 1.67. The number of methoxy groups -OCH3 is 2. The molecule has 0 radical (unpaired) electrons. The van der Waals surface area contributed by atoms with Crippen molar-refractivity contribution >= 4 is 23.5 Å². The van der Waals surface area contributed by atoms with Crippen molar-refractivity contribution in [3.8, 4) is 23.0 Å². The van der Waals surface area contributed by atoms with Gasteiger partial charge in [-0.2, -0.15) is 0 Å². The molecule has 2 aromatic rings. The topological polar surface area (TPSA) is 65.0 Å². The van der Waals surface area contributed by atoms with Crippen LogP contribution in [0.1, 0.15) is 15.9 Å². The number of Topliss-reactive ketones (excluding diaryl/α,β-unsaturated/α-hetero) is 1. The highest BCUT2D eigenvalue weighted by Gasteiger charge is 2.24. The highest BCUT2D eigenvalue weighted by Crippen LogP contribution is 2.36. The number of phenols is 1. The fourth-order valence-corrected chi connectivity index (χ4v) is 2.69. The highest BCUT2D eigenvalue weighted by molar-refractivity contribution is 6.32. The summed E-state index contributed by atoms with van der Waals surface area (Å²) in [5, 5.41) is 9.93. The summed E-state index contributed by atoms with van der Waals surface area (Å²) in [5.41, 5.74) is 1.55. The van der Waals surface area contributed by atoms with Crippen molar-refractivity contribution in [3.63, 3.8) is 0 Å². The van der Waals surface area contributed by atoms with Crippen LogP contribution in [0, 0.1) is 0 Å². The Morgan fingerprint density at radius 3 is 2.71 bits per heavy atom. The molecule has 0 atom stereocenters. The largest absolute Gasteiger partial charge is 0.503 e. The zero-order chi connectivity index (χ0) is 17.3. The van der Waals surface area contributed by atoms with Crippen LogP contribution in [-0.2, 0) is 0 Å². The molecule has 1 N–H and O–H groups in total. The molecule has 24 heavy (non-hydrogen) atoms. The molecule has 5 nitrogen and oxygen atoms in total. The van der Waals surface area contributed by atoms with Crippen LogP contribution in [-0.4, -0.2) is 31.7 Å². The second kappa shape index (κ2) is 6.45. The SMILES string of the molecule is COc1ccc2c(c1)C(=O)/C(=C/c1cc(Cl)c(O)c(OC)c1)CO2. The quantitative estimate of drug-likeness (QED) is 0.858. The molecule has 1 aliphatic heterocycles. The first-order valence-corrected chi connectivity index (χ1v) is 7.54. The molecular formula is C18H15ClO5. The maximum Gasteiger partial charge on any atom is 0.196 e. The van der Waals surface area contributed by atoms with Crippen LogP contribution in [0.4, 0.5) is 0 Å². The molecule has 0 aromatic heterocycles. The summed E-state index contributed by atoms with van der Waals surface area (Å²) in [5.74, 6) is 1.07. The van der Waals surface area contributed by atoms with Crippen molar-refractivity contribution in [2.75, 3.05) is 20.8 Å². The number of carbonyl (C=O) groups excluding carboxylic acids is 1. The van der Waals surface area contributed by atoms with Crippen LogP contribution >= 0.6 is 11.6 Å². The average molecular weight is 347 g/mol. The first kappa shape index (κ1) is 16.2. The summed E-state index contributed by atoms with van der Waals surface area (Å²) in [6.45, 7) is 0.152. The standard InChI is InChI=1S/C18H15ClO5/c1-22-12-3-4-15-13(8-12)17(20)11(9-24-15)5-10-6-14(19)18(21)16(7-10)23-2/h3-8,21H,9H2,1-2H3/b11-5+. The average Bonchev–Trinajstić information content (AvgIpc) is 2.60. The van der Waals surface area contributed by atoms with Crippen LogP contribution in [0.3, 0.4) is 0 Å². The number of ketones is 1. The summed E-state index contributed by atoms with van der Waals surface area (Å²) < 4.78 is 15.9. The zero-order valence-electron chi connectivity index (χ0n) is 13.1. The summed E-state index contributed by atoms with van der Waals surface area (Å²) in [6, 6.07) is 8.26. The number of halogens is 1. The molecule has 3 rings (SSSR count). The molecule has 0 unspecified atom stereocenters. The molecular weight excluding hydrogens is 332 g/mol. The Morgan fingerprint density at radius 2 is 2.00 bits per heavy atom. The van der Waals surface area contributed by atoms with Gasteiger partial charge in [0, 0.05) is 5.57 Å². The number of phenolic OH excluding ortho intramolecular Hbond substituents is 1. The second-order valence-electron chi connectivity index (χ2n) is 5.20. The van der Waals surface area contributed by atoms with Gasteiger partial charge in [-0.15, -0.1) is 0 Å².